The van der Waals surface area contributed by atoms with Crippen molar-refractivity contribution in [2.75, 3.05) is 4.90 Å². The van der Waals surface area contributed by atoms with Crippen molar-refractivity contribution in [1.82, 2.24) is 0 Å². The van der Waals surface area contributed by atoms with Crippen LogP contribution in [0.25, 0.3) is 0 Å². The molecule has 0 bridgehead atoms. The van der Waals surface area contributed by atoms with Crippen LogP contribution < -0.4 is 4.90 Å². The number of rotatable bonds is 6. The van der Waals surface area contributed by atoms with Crippen molar-refractivity contribution >= 4 is 11.6 Å². The van der Waals surface area contributed by atoms with Crippen LogP contribution in [0.5, 0.6) is 0 Å². The zero-order valence-electron chi connectivity index (χ0n) is 17.8. The number of nitrogens with zero attached hydrogens (tertiary/aromatic N) is 1. The molecule has 0 spiro atoms. The van der Waals surface area contributed by atoms with E-state index in [0.717, 1.165) is 18.0 Å². The highest BCUT2D eigenvalue weighted by Gasteiger charge is 2.32. The SMILES string of the molecule is CC(C)C(C)N(C(=O)C(C)(C)C)c1ccc(CCC2CCCCC2)cc1. The lowest BCUT2D eigenvalue weighted by atomic mass is 9.85. The average molecular weight is 358 g/mol. The maximum Gasteiger partial charge on any atom is 0.232 e. The van der Waals surface area contributed by atoms with Crippen molar-refractivity contribution in [3.05, 3.63) is 29.8 Å². The molecule has 1 saturated carbocycles. The smallest absolute Gasteiger partial charge is 0.232 e. The second-order valence-electron chi connectivity index (χ2n) is 9.62. The van der Waals surface area contributed by atoms with Crippen molar-refractivity contribution in [3.63, 3.8) is 0 Å². The molecule has 0 heterocycles. The largest absolute Gasteiger partial charge is 0.309 e. The van der Waals surface area contributed by atoms with E-state index in [1.807, 2.05) is 25.7 Å². The third kappa shape index (κ3) is 5.59. The molecule has 1 aliphatic carbocycles. The summed E-state index contributed by atoms with van der Waals surface area (Å²) in [5, 5.41) is 0. The lowest BCUT2D eigenvalue weighted by molar-refractivity contribution is -0.126. The molecule has 2 heteroatoms. The highest BCUT2D eigenvalue weighted by molar-refractivity contribution is 5.97. The second-order valence-corrected chi connectivity index (χ2v) is 9.62. The van der Waals surface area contributed by atoms with E-state index < -0.39 is 0 Å². The molecule has 0 aliphatic heterocycles. The van der Waals surface area contributed by atoms with Gasteiger partial charge >= 0.3 is 0 Å². The van der Waals surface area contributed by atoms with Crippen LogP contribution in [0, 0.1) is 17.3 Å². The number of carbonyl (C=O) groups excluding carboxylic acids is 1. The Morgan fingerprint density at radius 2 is 1.62 bits per heavy atom. The van der Waals surface area contributed by atoms with Crippen molar-refractivity contribution in [2.45, 2.75) is 92.5 Å². The molecular weight excluding hydrogens is 318 g/mol. The molecule has 146 valence electrons. The van der Waals surface area contributed by atoms with E-state index in [1.165, 1.54) is 44.1 Å². The minimum Gasteiger partial charge on any atom is -0.309 e. The number of carbonyl (C=O) groups is 1. The van der Waals surface area contributed by atoms with Gasteiger partial charge in [0, 0.05) is 17.1 Å². The fourth-order valence-corrected chi connectivity index (χ4v) is 3.87. The van der Waals surface area contributed by atoms with Crippen LogP contribution in [0.1, 0.15) is 85.6 Å². The molecule has 1 aliphatic rings. The van der Waals surface area contributed by atoms with Crippen molar-refractivity contribution in [3.8, 4) is 0 Å². The van der Waals surface area contributed by atoms with E-state index in [2.05, 4.69) is 45.0 Å². The number of amides is 1. The topological polar surface area (TPSA) is 20.3 Å². The maximum absolute atomic E-state index is 13.1. The van der Waals surface area contributed by atoms with E-state index in [4.69, 9.17) is 0 Å². The molecule has 26 heavy (non-hydrogen) atoms. The molecule has 1 atom stereocenters. The van der Waals surface area contributed by atoms with Gasteiger partial charge in [0.05, 0.1) is 0 Å². The number of aryl methyl sites for hydroxylation is 1. The Labute approximate surface area is 161 Å². The number of benzene rings is 1. The van der Waals surface area contributed by atoms with Crippen LogP contribution in [0.2, 0.25) is 0 Å². The zero-order chi connectivity index (χ0) is 19.3. The Kier molecular flexibility index (Phi) is 7.32. The van der Waals surface area contributed by atoms with Gasteiger partial charge in [-0.3, -0.25) is 4.79 Å². The van der Waals surface area contributed by atoms with E-state index in [9.17, 15) is 4.79 Å². The molecule has 0 radical (unpaired) electrons. The van der Waals surface area contributed by atoms with Crippen LogP contribution in [-0.4, -0.2) is 11.9 Å². The molecule has 1 fully saturated rings. The fourth-order valence-electron chi connectivity index (χ4n) is 3.87. The normalized spacial score (nSPS) is 17.3. The summed E-state index contributed by atoms with van der Waals surface area (Å²) < 4.78 is 0. The summed E-state index contributed by atoms with van der Waals surface area (Å²) in [7, 11) is 0. The van der Waals surface area contributed by atoms with E-state index in [-0.39, 0.29) is 17.4 Å². The van der Waals surface area contributed by atoms with Gasteiger partial charge in [-0.05, 0) is 49.3 Å². The predicted octanol–water partition coefficient (Wildman–Crippen LogP) is 6.62. The van der Waals surface area contributed by atoms with Gasteiger partial charge in [-0.15, -0.1) is 0 Å². The van der Waals surface area contributed by atoms with Crippen LogP contribution in [0.15, 0.2) is 24.3 Å². The Hall–Kier alpha value is -1.31. The third-order valence-corrected chi connectivity index (χ3v) is 6.01. The molecule has 1 aromatic carbocycles. The minimum atomic E-state index is -0.372. The van der Waals surface area contributed by atoms with E-state index in [0.29, 0.717) is 5.92 Å². The van der Waals surface area contributed by atoms with Crippen molar-refractivity contribution in [1.29, 1.82) is 0 Å². The Morgan fingerprint density at radius 3 is 2.12 bits per heavy atom. The monoisotopic (exact) mass is 357 g/mol. The molecule has 1 amide bonds. The van der Waals surface area contributed by atoms with Crippen molar-refractivity contribution < 1.29 is 4.79 Å². The van der Waals surface area contributed by atoms with Gasteiger partial charge in [-0.2, -0.15) is 0 Å². The van der Waals surface area contributed by atoms with Crippen molar-refractivity contribution in [2.24, 2.45) is 17.3 Å². The molecule has 2 nitrogen and oxygen atoms in total. The standard InChI is InChI=1S/C24H39NO/c1-18(2)19(3)25(23(26)24(4,5)6)22-16-14-21(15-17-22)13-12-20-10-8-7-9-11-20/h14-20H,7-13H2,1-6H3. The lowest BCUT2D eigenvalue weighted by Crippen LogP contribution is -2.47. The van der Waals surface area contributed by atoms with Crippen LogP contribution >= 0.6 is 0 Å². The molecule has 0 N–H and O–H groups in total. The van der Waals surface area contributed by atoms with Crippen LogP contribution in [0.4, 0.5) is 5.69 Å². The summed E-state index contributed by atoms with van der Waals surface area (Å²) in [5.41, 5.74) is 2.07. The number of hydrogen-bond acceptors (Lipinski definition) is 1. The summed E-state index contributed by atoms with van der Waals surface area (Å²) in [6.45, 7) is 12.6. The Morgan fingerprint density at radius 1 is 1.04 bits per heavy atom. The Bertz CT molecular complexity index is 561. The molecule has 1 unspecified atom stereocenters. The van der Waals surface area contributed by atoms with Crippen LogP contribution in [0.3, 0.4) is 0 Å². The molecule has 1 aromatic rings. The maximum atomic E-state index is 13.1. The highest BCUT2D eigenvalue weighted by Crippen LogP contribution is 2.30. The minimum absolute atomic E-state index is 0.190. The van der Waals surface area contributed by atoms with Gasteiger partial charge in [0.2, 0.25) is 5.91 Å². The lowest BCUT2D eigenvalue weighted by Gasteiger charge is -2.36. The predicted molar refractivity (Wildman–Crippen MR) is 113 cm³/mol. The number of hydrogen-bond donors (Lipinski definition) is 0. The van der Waals surface area contributed by atoms with Gasteiger partial charge in [-0.1, -0.05) is 78.9 Å². The summed E-state index contributed by atoms with van der Waals surface area (Å²) in [5.74, 6) is 1.55. The number of anilines is 1. The Balaban J connectivity index is 2.09. The fraction of sp³-hybridized carbons (Fsp3) is 0.708. The quantitative estimate of drug-likeness (QED) is 0.560. The van der Waals surface area contributed by atoms with E-state index in [1.54, 1.807) is 0 Å². The first-order valence-corrected chi connectivity index (χ1v) is 10.6. The zero-order valence-corrected chi connectivity index (χ0v) is 17.8. The highest BCUT2D eigenvalue weighted by atomic mass is 16.2. The van der Waals surface area contributed by atoms with Gasteiger partial charge < -0.3 is 4.90 Å². The summed E-state index contributed by atoms with van der Waals surface area (Å²) in [4.78, 5) is 15.1. The first-order valence-electron chi connectivity index (χ1n) is 10.6. The third-order valence-electron chi connectivity index (χ3n) is 6.01. The molecule has 0 aromatic heterocycles. The summed E-state index contributed by atoms with van der Waals surface area (Å²) in [6.07, 6.45) is 9.57. The molecule has 0 saturated heterocycles. The van der Waals surface area contributed by atoms with Gasteiger partial charge in [0.25, 0.3) is 0 Å². The molecule has 2 rings (SSSR count). The first kappa shape index (κ1) is 21.0. The average Bonchev–Trinajstić information content (AvgIpc) is 2.61. The van der Waals surface area contributed by atoms with Gasteiger partial charge in [0.1, 0.15) is 0 Å². The summed E-state index contributed by atoms with van der Waals surface area (Å²) >= 11 is 0. The first-order chi connectivity index (χ1) is 12.2. The van der Waals surface area contributed by atoms with Gasteiger partial charge in [0.15, 0.2) is 0 Å². The molecular formula is C24H39NO. The second kappa shape index (κ2) is 9.06. The van der Waals surface area contributed by atoms with Crippen LogP contribution in [-0.2, 0) is 11.2 Å². The van der Waals surface area contributed by atoms with E-state index >= 15 is 0 Å². The van der Waals surface area contributed by atoms with Gasteiger partial charge in [-0.25, -0.2) is 0 Å². The summed E-state index contributed by atoms with van der Waals surface area (Å²) in [6, 6.07) is 8.95.